The first-order valence-corrected chi connectivity index (χ1v) is 7.57. The van der Waals surface area contributed by atoms with E-state index in [9.17, 15) is 19.1 Å². The van der Waals surface area contributed by atoms with Crippen LogP contribution in [0.15, 0.2) is 29.2 Å². The highest BCUT2D eigenvalue weighted by molar-refractivity contribution is 5.97. The van der Waals surface area contributed by atoms with Crippen molar-refractivity contribution in [3.8, 4) is 0 Å². The highest BCUT2D eigenvalue weighted by atomic mass is 19.1. The normalized spacial score (nSPS) is 28.9. The number of halogens is 1. The van der Waals surface area contributed by atoms with Gasteiger partial charge in [-0.15, -0.1) is 0 Å². The molecule has 4 atom stereocenters. The summed E-state index contributed by atoms with van der Waals surface area (Å²) in [6.45, 7) is 0.343. The molecular formula is C16H15FN2O5. The minimum Gasteiger partial charge on any atom is -0.388 e. The number of aliphatic hydroxyl groups is 1. The van der Waals surface area contributed by atoms with Crippen molar-refractivity contribution in [3.63, 3.8) is 0 Å². The van der Waals surface area contributed by atoms with Crippen LogP contribution >= 0.6 is 0 Å². The molecule has 2 aliphatic heterocycles. The van der Waals surface area contributed by atoms with E-state index in [-0.39, 0.29) is 24.2 Å². The van der Waals surface area contributed by atoms with E-state index in [0.717, 1.165) is 6.07 Å². The van der Waals surface area contributed by atoms with Crippen molar-refractivity contribution in [1.29, 1.82) is 0 Å². The Kier molecular flexibility index (Phi) is 3.60. The van der Waals surface area contributed by atoms with Crippen molar-refractivity contribution < 1.29 is 23.8 Å². The van der Waals surface area contributed by atoms with Crippen molar-refractivity contribution in [2.45, 2.75) is 24.4 Å². The second-order valence-electron chi connectivity index (χ2n) is 5.96. The molecule has 0 unspecified atom stereocenters. The quantitative estimate of drug-likeness (QED) is 0.713. The van der Waals surface area contributed by atoms with Crippen LogP contribution in [0.4, 0.5) is 4.39 Å². The van der Waals surface area contributed by atoms with Gasteiger partial charge >= 0.3 is 0 Å². The second-order valence-corrected chi connectivity index (χ2v) is 5.96. The third-order valence-electron chi connectivity index (χ3n) is 4.43. The molecule has 126 valence electrons. The number of hydrogen-bond donors (Lipinski definition) is 3. The summed E-state index contributed by atoms with van der Waals surface area (Å²) in [6.07, 6.45) is -0.334. The number of carbonyl (C=O) groups excluding carboxylic acids is 1. The van der Waals surface area contributed by atoms with Gasteiger partial charge in [-0.05, 0) is 18.2 Å². The minimum absolute atomic E-state index is 0.107. The molecule has 0 bridgehead atoms. The molecule has 3 heterocycles. The number of aromatic amines is 1. The third-order valence-corrected chi connectivity index (χ3v) is 4.43. The number of aliphatic hydroxyl groups excluding tert-OH is 1. The van der Waals surface area contributed by atoms with Gasteiger partial charge in [-0.2, -0.15) is 0 Å². The van der Waals surface area contributed by atoms with Crippen molar-refractivity contribution in [1.82, 2.24) is 10.3 Å². The Hall–Kier alpha value is -2.29. The van der Waals surface area contributed by atoms with Crippen LogP contribution in [-0.2, 0) is 9.47 Å². The lowest BCUT2D eigenvalue weighted by Gasteiger charge is -2.17. The number of aromatic nitrogens is 1. The minimum atomic E-state index is -0.719. The maximum Gasteiger partial charge on any atom is 0.257 e. The molecular weight excluding hydrogens is 319 g/mol. The summed E-state index contributed by atoms with van der Waals surface area (Å²) < 4.78 is 24.2. The zero-order valence-corrected chi connectivity index (χ0v) is 12.5. The highest BCUT2D eigenvalue weighted by Crippen LogP contribution is 2.27. The number of ether oxygens (including phenoxy) is 2. The summed E-state index contributed by atoms with van der Waals surface area (Å²) in [5, 5.41) is 12.5. The number of carbonyl (C=O) groups is 1. The molecule has 0 aliphatic carbocycles. The van der Waals surface area contributed by atoms with E-state index >= 15 is 0 Å². The molecule has 8 heteroatoms. The number of nitrogens with one attached hydrogen (secondary N) is 2. The molecule has 1 aromatic heterocycles. The van der Waals surface area contributed by atoms with Gasteiger partial charge in [0.15, 0.2) is 0 Å². The molecule has 1 amide bonds. The summed E-state index contributed by atoms with van der Waals surface area (Å²) >= 11 is 0. The average molecular weight is 334 g/mol. The number of hydrogen-bond acceptors (Lipinski definition) is 5. The maximum absolute atomic E-state index is 13.4. The van der Waals surface area contributed by atoms with E-state index in [1.165, 1.54) is 18.3 Å². The molecule has 24 heavy (non-hydrogen) atoms. The van der Waals surface area contributed by atoms with Crippen molar-refractivity contribution >= 4 is 16.8 Å². The van der Waals surface area contributed by atoms with Gasteiger partial charge in [-0.3, -0.25) is 9.59 Å². The molecule has 4 rings (SSSR count). The Morgan fingerprint density at radius 3 is 2.92 bits per heavy atom. The van der Waals surface area contributed by atoms with Gasteiger partial charge in [0.1, 0.15) is 29.7 Å². The molecule has 3 N–H and O–H groups in total. The van der Waals surface area contributed by atoms with Crippen LogP contribution in [0.25, 0.3) is 10.9 Å². The van der Waals surface area contributed by atoms with Crippen LogP contribution in [0.1, 0.15) is 10.4 Å². The van der Waals surface area contributed by atoms with Crippen LogP contribution < -0.4 is 10.7 Å². The Bertz CT molecular complexity index is 867. The average Bonchev–Trinajstić information content (AvgIpc) is 3.12. The lowest BCUT2D eigenvalue weighted by atomic mass is 10.1. The number of H-pyrrole nitrogens is 1. The summed E-state index contributed by atoms with van der Waals surface area (Å²) in [6, 6.07) is 3.31. The third kappa shape index (κ3) is 2.39. The largest absolute Gasteiger partial charge is 0.388 e. The molecule has 2 aromatic rings. The van der Waals surface area contributed by atoms with Gasteiger partial charge in [0.2, 0.25) is 5.43 Å². The topological polar surface area (TPSA) is 101 Å². The van der Waals surface area contributed by atoms with Gasteiger partial charge in [-0.1, -0.05) is 0 Å². The smallest absolute Gasteiger partial charge is 0.257 e. The maximum atomic E-state index is 13.4. The fourth-order valence-corrected chi connectivity index (χ4v) is 3.21. The number of rotatable bonds is 2. The molecule has 0 saturated carbocycles. The molecule has 0 radical (unpaired) electrons. The van der Waals surface area contributed by atoms with Crippen LogP contribution in [0.3, 0.4) is 0 Å². The van der Waals surface area contributed by atoms with E-state index in [2.05, 4.69) is 10.3 Å². The predicted octanol–water partition coefficient (Wildman–Crippen LogP) is -0.0759. The predicted molar refractivity (Wildman–Crippen MR) is 81.3 cm³/mol. The lowest BCUT2D eigenvalue weighted by molar-refractivity contribution is 0.0178. The zero-order valence-electron chi connectivity index (χ0n) is 12.5. The number of fused-ring (bicyclic) bond motifs is 2. The molecule has 2 fully saturated rings. The Morgan fingerprint density at radius 2 is 2.08 bits per heavy atom. The zero-order chi connectivity index (χ0) is 16.8. The van der Waals surface area contributed by atoms with Gasteiger partial charge in [0.25, 0.3) is 5.91 Å². The molecule has 7 nitrogen and oxygen atoms in total. The SMILES string of the molecule is O=C(N[C@H]1CO[C@H]2[C@@H]1OC[C@@H]2O)c1c[nH]c2ccc(F)cc2c1=O. The molecule has 2 saturated heterocycles. The van der Waals surface area contributed by atoms with Crippen LogP contribution in [0, 0.1) is 5.82 Å². The Labute approximate surface area is 135 Å². The number of amides is 1. The fourth-order valence-electron chi connectivity index (χ4n) is 3.21. The molecule has 2 aliphatic rings. The van der Waals surface area contributed by atoms with Crippen molar-refractivity contribution in [2.75, 3.05) is 13.2 Å². The van der Waals surface area contributed by atoms with Crippen molar-refractivity contribution in [3.05, 3.63) is 46.0 Å². The number of pyridine rings is 1. The van der Waals surface area contributed by atoms with Crippen molar-refractivity contribution in [2.24, 2.45) is 0 Å². The number of benzene rings is 1. The Balaban J connectivity index is 1.60. The Morgan fingerprint density at radius 1 is 1.29 bits per heavy atom. The summed E-state index contributed by atoms with van der Waals surface area (Å²) in [5.41, 5.74) is -0.219. The first-order valence-electron chi connectivity index (χ1n) is 7.57. The van der Waals surface area contributed by atoms with Gasteiger partial charge in [-0.25, -0.2) is 4.39 Å². The van der Waals surface area contributed by atoms with Gasteiger partial charge in [0.05, 0.1) is 19.3 Å². The molecule has 0 spiro atoms. The van der Waals surface area contributed by atoms with E-state index in [1.54, 1.807) is 0 Å². The fraction of sp³-hybridized carbons (Fsp3) is 0.375. The van der Waals surface area contributed by atoms with Crippen LogP contribution in [-0.4, -0.2) is 53.6 Å². The summed E-state index contributed by atoms with van der Waals surface area (Å²) in [7, 11) is 0. The molecule has 1 aromatic carbocycles. The summed E-state index contributed by atoms with van der Waals surface area (Å²) in [5.74, 6) is -1.15. The van der Waals surface area contributed by atoms with Crippen LogP contribution in [0.2, 0.25) is 0 Å². The van der Waals surface area contributed by atoms with E-state index in [0.29, 0.717) is 5.52 Å². The van der Waals surface area contributed by atoms with Gasteiger partial charge < -0.3 is 24.9 Å². The summed E-state index contributed by atoms with van der Waals surface area (Å²) in [4.78, 5) is 27.7. The highest BCUT2D eigenvalue weighted by Gasteiger charge is 2.47. The second kappa shape index (κ2) is 5.66. The first kappa shape index (κ1) is 15.3. The van der Waals surface area contributed by atoms with Crippen LogP contribution in [0.5, 0.6) is 0 Å². The van der Waals surface area contributed by atoms with E-state index in [4.69, 9.17) is 9.47 Å². The van der Waals surface area contributed by atoms with E-state index in [1.807, 2.05) is 0 Å². The van der Waals surface area contributed by atoms with Gasteiger partial charge in [0, 0.05) is 17.1 Å². The lowest BCUT2D eigenvalue weighted by Crippen LogP contribution is -2.45. The standard InChI is InChI=1S/C16H15FN2O5/c17-7-1-2-10-8(3-7)13(21)9(4-18-10)16(22)19-11-5-23-15-12(20)6-24-14(11)15/h1-4,11-12,14-15,20H,5-6H2,(H,18,21)(H,19,22)/t11-,12-,14+,15+/m0/s1. The monoisotopic (exact) mass is 334 g/mol. The first-order chi connectivity index (χ1) is 11.5. The van der Waals surface area contributed by atoms with E-state index < -0.39 is 41.5 Å².